The molecule has 0 unspecified atom stereocenters. The minimum atomic E-state index is 0. The zero-order chi connectivity index (χ0) is 17.9. The molecule has 0 spiro atoms. The lowest BCUT2D eigenvalue weighted by molar-refractivity contribution is -0.890. The summed E-state index contributed by atoms with van der Waals surface area (Å²) in [6, 6.07) is 0. The molecule has 154 valence electrons. The normalized spacial score (nSPS) is 11.5. The predicted octanol–water partition coefficient (Wildman–Crippen LogP) is 3.29. The van der Waals surface area contributed by atoms with Crippen molar-refractivity contribution in [3.8, 4) is 0 Å². The summed E-state index contributed by atoms with van der Waals surface area (Å²) in [5.41, 5.74) is 5.61. The Balaban J connectivity index is 0. The lowest BCUT2D eigenvalue weighted by atomic mass is 10.0. The smallest absolute Gasteiger partial charge is 0.0794 e. The zero-order valence-corrected chi connectivity index (χ0v) is 19.4. The largest absolute Gasteiger partial charge is 1.00 e. The third kappa shape index (κ3) is 22.4. The molecule has 25 heavy (non-hydrogen) atoms. The van der Waals surface area contributed by atoms with Crippen molar-refractivity contribution in [1.29, 1.82) is 0 Å². The summed E-state index contributed by atoms with van der Waals surface area (Å²) in [4.78, 5) is 0. The molecule has 0 saturated heterocycles. The van der Waals surface area contributed by atoms with Gasteiger partial charge in [-0.15, -0.1) is 0 Å². The highest BCUT2D eigenvalue weighted by molar-refractivity contribution is 4.50. The van der Waals surface area contributed by atoms with Crippen LogP contribution in [0.3, 0.4) is 0 Å². The average Bonchev–Trinajstić information content (AvgIpc) is 2.56. The van der Waals surface area contributed by atoms with E-state index >= 15 is 0 Å². The number of hydrogen-bond donors (Lipinski definition) is 1. The third-order valence-electron chi connectivity index (χ3n) is 5.33. The first kappa shape index (κ1) is 27.6. The second-order valence-corrected chi connectivity index (χ2v) is 8.47. The molecule has 0 heterocycles. The van der Waals surface area contributed by atoms with Crippen molar-refractivity contribution in [3.05, 3.63) is 0 Å². The number of quaternary nitrogens is 1. The maximum absolute atomic E-state index is 5.61. The van der Waals surface area contributed by atoms with Crippen molar-refractivity contribution in [2.75, 3.05) is 33.7 Å². The van der Waals surface area contributed by atoms with Gasteiger partial charge in [0.25, 0.3) is 0 Å². The van der Waals surface area contributed by atoms with Crippen LogP contribution in [0.4, 0.5) is 0 Å². The van der Waals surface area contributed by atoms with E-state index in [0.717, 1.165) is 17.4 Å². The predicted molar refractivity (Wildman–Crippen MR) is 110 cm³/mol. The summed E-state index contributed by atoms with van der Waals surface area (Å²) < 4.78 is 1.15. The second-order valence-electron chi connectivity index (χ2n) is 8.47. The van der Waals surface area contributed by atoms with Gasteiger partial charge in [0.2, 0.25) is 0 Å². The molecule has 0 saturated carbocycles. The van der Waals surface area contributed by atoms with Crippen LogP contribution in [-0.4, -0.2) is 38.2 Å². The van der Waals surface area contributed by atoms with Gasteiger partial charge in [-0.05, 0) is 19.4 Å². The van der Waals surface area contributed by atoms with Crippen molar-refractivity contribution >= 4 is 0 Å². The lowest BCUT2D eigenvalue weighted by Crippen LogP contribution is -3.00. The Bertz CT molecular complexity index is 244. The highest BCUT2D eigenvalue weighted by Gasteiger charge is 2.12. The van der Waals surface area contributed by atoms with Gasteiger partial charge in [-0.25, -0.2) is 0 Å². The standard InChI is InChI=1S/C22H49N2.BrH/c1-4-5-6-7-8-9-10-11-12-13-14-15-16-17-18-21-24(2,3)22-19-20-23;/h4-23H2,1-3H3;1H/q+1;/p-1. The van der Waals surface area contributed by atoms with Crippen molar-refractivity contribution in [2.24, 2.45) is 5.73 Å². The van der Waals surface area contributed by atoms with Crippen LogP contribution in [0, 0.1) is 0 Å². The summed E-state index contributed by atoms with van der Waals surface area (Å²) in [6.45, 7) is 5.68. The van der Waals surface area contributed by atoms with Crippen LogP contribution in [0.15, 0.2) is 0 Å². The summed E-state index contributed by atoms with van der Waals surface area (Å²) >= 11 is 0. The molecule has 0 aliphatic rings. The van der Waals surface area contributed by atoms with E-state index in [1.54, 1.807) is 0 Å². The van der Waals surface area contributed by atoms with Gasteiger partial charge in [0.1, 0.15) is 0 Å². The van der Waals surface area contributed by atoms with Crippen molar-refractivity contribution < 1.29 is 21.5 Å². The van der Waals surface area contributed by atoms with Crippen LogP contribution in [0.5, 0.6) is 0 Å². The number of hydrogen-bond acceptors (Lipinski definition) is 1. The molecule has 0 radical (unpaired) electrons. The number of nitrogens with two attached hydrogens (primary N) is 1. The van der Waals surface area contributed by atoms with Crippen molar-refractivity contribution in [1.82, 2.24) is 0 Å². The van der Waals surface area contributed by atoms with E-state index in [1.807, 2.05) is 0 Å². The molecular formula is C22H49BrN2. The first-order chi connectivity index (χ1) is 11.6. The molecule has 0 aromatic rings. The molecule has 0 aliphatic heterocycles. The highest BCUT2D eigenvalue weighted by atomic mass is 79.9. The molecule has 3 heteroatoms. The van der Waals surface area contributed by atoms with Crippen LogP contribution in [0.1, 0.15) is 110 Å². The van der Waals surface area contributed by atoms with Crippen molar-refractivity contribution in [3.63, 3.8) is 0 Å². The van der Waals surface area contributed by atoms with Gasteiger partial charge in [0, 0.05) is 6.42 Å². The quantitative estimate of drug-likeness (QED) is 0.251. The topological polar surface area (TPSA) is 26.0 Å². The van der Waals surface area contributed by atoms with Crippen LogP contribution in [0.25, 0.3) is 0 Å². The van der Waals surface area contributed by atoms with Crippen LogP contribution < -0.4 is 22.7 Å². The Morgan fingerprint density at radius 2 is 0.840 bits per heavy atom. The molecule has 0 aromatic carbocycles. The summed E-state index contributed by atoms with van der Waals surface area (Å²) in [5.74, 6) is 0. The Kier molecular flexibility index (Phi) is 22.9. The molecular weight excluding hydrogens is 372 g/mol. The van der Waals surface area contributed by atoms with Gasteiger partial charge in [-0.1, -0.05) is 90.4 Å². The Morgan fingerprint density at radius 3 is 1.20 bits per heavy atom. The fourth-order valence-corrected chi connectivity index (χ4v) is 3.54. The third-order valence-corrected chi connectivity index (χ3v) is 5.33. The van der Waals surface area contributed by atoms with E-state index in [2.05, 4.69) is 21.0 Å². The minimum Gasteiger partial charge on any atom is -1.00 e. The first-order valence-electron chi connectivity index (χ1n) is 11.1. The summed E-state index contributed by atoms with van der Waals surface area (Å²) in [6.07, 6.45) is 22.9. The summed E-state index contributed by atoms with van der Waals surface area (Å²) in [5, 5.41) is 0. The second kappa shape index (κ2) is 20.7. The Morgan fingerprint density at radius 1 is 0.520 bits per heavy atom. The first-order valence-corrected chi connectivity index (χ1v) is 11.1. The van der Waals surface area contributed by atoms with E-state index in [9.17, 15) is 0 Å². The van der Waals surface area contributed by atoms with Crippen LogP contribution in [-0.2, 0) is 0 Å². The summed E-state index contributed by atoms with van der Waals surface area (Å²) in [7, 11) is 4.69. The average molecular weight is 422 g/mol. The fraction of sp³-hybridized carbons (Fsp3) is 1.00. The minimum absolute atomic E-state index is 0. The molecule has 0 rings (SSSR count). The Hall–Kier alpha value is 0.400. The van der Waals surface area contributed by atoms with Gasteiger partial charge >= 0.3 is 0 Å². The van der Waals surface area contributed by atoms with E-state index in [-0.39, 0.29) is 17.0 Å². The zero-order valence-electron chi connectivity index (χ0n) is 17.8. The maximum atomic E-state index is 5.61. The van der Waals surface area contributed by atoms with Crippen molar-refractivity contribution in [2.45, 2.75) is 110 Å². The molecule has 2 N–H and O–H groups in total. The fourth-order valence-electron chi connectivity index (χ4n) is 3.54. The molecule has 0 aliphatic carbocycles. The van der Waals surface area contributed by atoms with Gasteiger partial charge in [0.15, 0.2) is 0 Å². The highest BCUT2D eigenvalue weighted by Crippen LogP contribution is 2.13. The number of rotatable bonds is 19. The number of nitrogens with zero attached hydrogens (tertiary/aromatic N) is 1. The van der Waals surface area contributed by atoms with Gasteiger partial charge in [-0.3, -0.25) is 0 Å². The van der Waals surface area contributed by atoms with E-state index in [0.29, 0.717) is 0 Å². The number of halogens is 1. The number of unbranched alkanes of at least 4 members (excludes halogenated alkanes) is 14. The van der Waals surface area contributed by atoms with E-state index in [1.165, 1.54) is 109 Å². The molecule has 0 bridgehead atoms. The monoisotopic (exact) mass is 420 g/mol. The SMILES string of the molecule is CCCCCCCCCCCCCCCCC[N+](C)(C)CCCN.[Br-]. The van der Waals surface area contributed by atoms with Gasteiger partial charge in [0.05, 0.1) is 27.2 Å². The van der Waals surface area contributed by atoms with Crippen LogP contribution in [0.2, 0.25) is 0 Å². The van der Waals surface area contributed by atoms with E-state index < -0.39 is 0 Å². The van der Waals surface area contributed by atoms with Crippen LogP contribution >= 0.6 is 0 Å². The van der Waals surface area contributed by atoms with Gasteiger partial charge < -0.3 is 27.2 Å². The lowest BCUT2D eigenvalue weighted by Gasteiger charge is -2.29. The molecule has 2 nitrogen and oxygen atoms in total. The molecule has 0 aromatic heterocycles. The molecule has 0 atom stereocenters. The maximum Gasteiger partial charge on any atom is 0.0794 e. The molecule has 0 amide bonds. The molecule has 0 fully saturated rings. The van der Waals surface area contributed by atoms with E-state index in [4.69, 9.17) is 5.73 Å². The van der Waals surface area contributed by atoms with Gasteiger partial charge in [-0.2, -0.15) is 0 Å². The Labute approximate surface area is 170 Å².